The molecule has 0 aliphatic carbocycles. The first-order valence-electron chi connectivity index (χ1n) is 5.21. The molecule has 1 aliphatic heterocycles. The predicted molar refractivity (Wildman–Crippen MR) is 60.0 cm³/mol. The summed E-state index contributed by atoms with van der Waals surface area (Å²) in [5.74, 6) is 0.757. The number of nitrogens with one attached hydrogen (secondary N) is 1. The molecule has 1 N–H and O–H groups in total. The molecule has 1 aliphatic rings. The largest absolute Gasteiger partial charge is 0.381 e. The van der Waals surface area contributed by atoms with Crippen LogP contribution in [0.3, 0.4) is 0 Å². The Morgan fingerprint density at radius 3 is 2.64 bits per heavy atom. The highest BCUT2D eigenvalue weighted by atomic mass is 32.2. The van der Waals surface area contributed by atoms with Crippen molar-refractivity contribution in [2.24, 2.45) is 5.41 Å². The zero-order chi connectivity index (χ0) is 10.4. The lowest BCUT2D eigenvalue weighted by Gasteiger charge is -2.33. The van der Waals surface area contributed by atoms with Crippen LogP contribution in [0.2, 0.25) is 0 Å². The molecule has 1 unspecified atom stereocenters. The molecule has 14 heavy (non-hydrogen) atoms. The van der Waals surface area contributed by atoms with Gasteiger partial charge in [-0.05, 0) is 18.3 Å². The average molecular weight is 219 g/mol. The SMILES string of the molecule is CS(=O)CCNCC1(C)CCOCC1. The smallest absolute Gasteiger partial charge is 0.0471 e. The Bertz CT molecular complexity index is 191. The average Bonchev–Trinajstić information content (AvgIpc) is 2.14. The number of rotatable bonds is 5. The second-order valence-electron chi connectivity index (χ2n) is 4.38. The molecule has 0 amide bonds. The first-order chi connectivity index (χ1) is 6.62. The van der Waals surface area contributed by atoms with Crippen LogP contribution < -0.4 is 5.32 Å². The maximum Gasteiger partial charge on any atom is 0.0471 e. The normalized spacial score (nSPS) is 23.3. The van der Waals surface area contributed by atoms with Gasteiger partial charge in [0.25, 0.3) is 0 Å². The maximum atomic E-state index is 10.8. The predicted octanol–water partition coefficient (Wildman–Crippen LogP) is 0.771. The van der Waals surface area contributed by atoms with Gasteiger partial charge in [-0.15, -0.1) is 0 Å². The molecule has 0 aromatic rings. The van der Waals surface area contributed by atoms with Gasteiger partial charge >= 0.3 is 0 Å². The summed E-state index contributed by atoms with van der Waals surface area (Å²) < 4.78 is 16.2. The van der Waals surface area contributed by atoms with Crippen LogP contribution >= 0.6 is 0 Å². The Morgan fingerprint density at radius 1 is 1.43 bits per heavy atom. The van der Waals surface area contributed by atoms with E-state index >= 15 is 0 Å². The van der Waals surface area contributed by atoms with Gasteiger partial charge in [-0.1, -0.05) is 6.92 Å². The van der Waals surface area contributed by atoms with Crippen LogP contribution in [0.25, 0.3) is 0 Å². The molecule has 3 nitrogen and oxygen atoms in total. The summed E-state index contributed by atoms with van der Waals surface area (Å²) in [5, 5.41) is 3.38. The van der Waals surface area contributed by atoms with Crippen molar-refractivity contribution in [2.45, 2.75) is 19.8 Å². The van der Waals surface area contributed by atoms with E-state index in [0.29, 0.717) is 5.41 Å². The third-order valence-electron chi connectivity index (χ3n) is 2.82. The Hall–Kier alpha value is 0.0700. The highest BCUT2D eigenvalue weighted by Gasteiger charge is 2.26. The fourth-order valence-corrected chi connectivity index (χ4v) is 2.08. The molecule has 0 radical (unpaired) electrons. The Kier molecular flexibility index (Phi) is 5.06. The Morgan fingerprint density at radius 2 is 2.07 bits per heavy atom. The molecule has 0 aromatic heterocycles. The molecule has 0 aromatic carbocycles. The molecule has 1 fully saturated rings. The van der Waals surface area contributed by atoms with Crippen molar-refractivity contribution in [2.75, 3.05) is 38.3 Å². The molecule has 0 spiro atoms. The van der Waals surface area contributed by atoms with E-state index in [-0.39, 0.29) is 0 Å². The first kappa shape index (κ1) is 12.1. The molecule has 84 valence electrons. The van der Waals surface area contributed by atoms with Gasteiger partial charge in [-0.2, -0.15) is 0 Å². The van der Waals surface area contributed by atoms with E-state index in [1.165, 1.54) is 0 Å². The van der Waals surface area contributed by atoms with Crippen LogP contribution in [0, 0.1) is 5.41 Å². The van der Waals surface area contributed by atoms with Crippen molar-refractivity contribution in [1.29, 1.82) is 0 Å². The molecule has 0 bridgehead atoms. The van der Waals surface area contributed by atoms with Crippen molar-refractivity contribution in [1.82, 2.24) is 5.32 Å². The molecule has 1 rings (SSSR count). The number of hydrogen-bond acceptors (Lipinski definition) is 3. The van der Waals surface area contributed by atoms with Crippen molar-refractivity contribution in [3.8, 4) is 0 Å². The lowest BCUT2D eigenvalue weighted by Crippen LogP contribution is -2.38. The minimum atomic E-state index is -0.673. The Labute approximate surface area is 89.1 Å². The third-order valence-corrected chi connectivity index (χ3v) is 3.60. The second-order valence-corrected chi connectivity index (χ2v) is 5.93. The zero-order valence-electron chi connectivity index (χ0n) is 9.17. The number of ether oxygens (including phenoxy) is 1. The van der Waals surface area contributed by atoms with Gasteiger partial charge in [0.1, 0.15) is 0 Å². The van der Waals surface area contributed by atoms with E-state index in [0.717, 1.165) is 44.9 Å². The van der Waals surface area contributed by atoms with Crippen molar-refractivity contribution >= 4 is 10.8 Å². The van der Waals surface area contributed by atoms with E-state index in [1.54, 1.807) is 6.26 Å². The summed E-state index contributed by atoms with van der Waals surface area (Å²) in [6, 6.07) is 0. The van der Waals surface area contributed by atoms with E-state index in [4.69, 9.17) is 4.74 Å². The molecule has 1 atom stereocenters. The summed E-state index contributed by atoms with van der Waals surface area (Å²) in [6.45, 7) is 5.95. The van der Waals surface area contributed by atoms with Gasteiger partial charge in [0.2, 0.25) is 0 Å². The lowest BCUT2D eigenvalue weighted by molar-refractivity contribution is 0.0244. The van der Waals surface area contributed by atoms with Crippen molar-refractivity contribution in [3.63, 3.8) is 0 Å². The van der Waals surface area contributed by atoms with Crippen molar-refractivity contribution in [3.05, 3.63) is 0 Å². The first-order valence-corrected chi connectivity index (χ1v) is 6.94. The van der Waals surface area contributed by atoms with E-state index < -0.39 is 10.8 Å². The van der Waals surface area contributed by atoms with Crippen LogP contribution in [0.4, 0.5) is 0 Å². The van der Waals surface area contributed by atoms with Gasteiger partial charge in [-0.25, -0.2) is 0 Å². The third kappa shape index (κ3) is 4.53. The summed E-state index contributed by atoms with van der Waals surface area (Å²) in [6.07, 6.45) is 4.02. The quantitative estimate of drug-likeness (QED) is 0.694. The molecular formula is C10H21NO2S. The van der Waals surface area contributed by atoms with Crippen LogP contribution in [-0.2, 0) is 15.5 Å². The fourth-order valence-electron chi connectivity index (χ4n) is 1.65. The fraction of sp³-hybridized carbons (Fsp3) is 1.00. The molecule has 1 heterocycles. The summed E-state index contributed by atoms with van der Waals surface area (Å²) in [7, 11) is -0.673. The molecular weight excluding hydrogens is 198 g/mol. The van der Waals surface area contributed by atoms with Gasteiger partial charge in [-0.3, -0.25) is 4.21 Å². The van der Waals surface area contributed by atoms with Crippen LogP contribution in [0.5, 0.6) is 0 Å². The minimum absolute atomic E-state index is 0.382. The number of hydrogen-bond donors (Lipinski definition) is 1. The van der Waals surface area contributed by atoms with Crippen LogP contribution in [-0.4, -0.2) is 42.5 Å². The monoisotopic (exact) mass is 219 g/mol. The molecule has 4 heteroatoms. The van der Waals surface area contributed by atoms with Gasteiger partial charge in [0.05, 0.1) is 0 Å². The summed E-state index contributed by atoms with van der Waals surface area (Å²) in [5.41, 5.74) is 0.382. The Balaban J connectivity index is 2.12. The maximum absolute atomic E-state index is 10.8. The van der Waals surface area contributed by atoms with Crippen molar-refractivity contribution < 1.29 is 8.95 Å². The lowest BCUT2D eigenvalue weighted by atomic mass is 9.82. The van der Waals surface area contributed by atoms with Gasteiger partial charge in [0, 0.05) is 49.1 Å². The summed E-state index contributed by atoms with van der Waals surface area (Å²) in [4.78, 5) is 0. The highest BCUT2D eigenvalue weighted by molar-refractivity contribution is 7.84. The summed E-state index contributed by atoms with van der Waals surface area (Å²) >= 11 is 0. The topological polar surface area (TPSA) is 38.3 Å². The zero-order valence-corrected chi connectivity index (χ0v) is 9.99. The standard InChI is InChI=1S/C10H21NO2S/c1-10(3-6-13-7-4-10)9-11-5-8-14(2)12/h11H,3-9H2,1-2H3. The van der Waals surface area contributed by atoms with E-state index in [1.807, 2.05) is 0 Å². The van der Waals surface area contributed by atoms with Gasteiger partial charge in [0.15, 0.2) is 0 Å². The molecule has 0 saturated carbocycles. The molecule has 1 saturated heterocycles. The second kappa shape index (κ2) is 5.83. The van der Waals surface area contributed by atoms with Crippen LogP contribution in [0.15, 0.2) is 0 Å². The van der Waals surface area contributed by atoms with Crippen LogP contribution in [0.1, 0.15) is 19.8 Å². The highest BCUT2D eigenvalue weighted by Crippen LogP contribution is 2.28. The van der Waals surface area contributed by atoms with E-state index in [9.17, 15) is 4.21 Å². The van der Waals surface area contributed by atoms with Gasteiger partial charge < -0.3 is 10.1 Å². The minimum Gasteiger partial charge on any atom is -0.381 e. The van der Waals surface area contributed by atoms with E-state index in [2.05, 4.69) is 12.2 Å².